The molecule has 0 saturated heterocycles. The lowest BCUT2D eigenvalue weighted by Gasteiger charge is -2.21. The van der Waals surface area contributed by atoms with Gasteiger partial charge in [0, 0.05) is 18.2 Å². The predicted molar refractivity (Wildman–Crippen MR) is 77.6 cm³/mol. The van der Waals surface area contributed by atoms with Crippen LogP contribution in [0.15, 0.2) is 18.2 Å². The van der Waals surface area contributed by atoms with Crippen LogP contribution >= 0.6 is 0 Å². The van der Waals surface area contributed by atoms with Gasteiger partial charge in [-0.25, -0.2) is 0 Å². The van der Waals surface area contributed by atoms with Crippen LogP contribution in [-0.4, -0.2) is 37.4 Å². The molecule has 1 atom stereocenters. The Hall–Kier alpha value is -1.75. The van der Waals surface area contributed by atoms with Crippen LogP contribution in [0.5, 0.6) is 11.5 Å². The van der Waals surface area contributed by atoms with Crippen LogP contribution in [0.3, 0.4) is 0 Å². The molecule has 20 heavy (non-hydrogen) atoms. The first-order valence-electron chi connectivity index (χ1n) is 6.65. The Morgan fingerprint density at radius 2 is 2.00 bits per heavy atom. The largest absolute Gasteiger partial charge is 0.497 e. The van der Waals surface area contributed by atoms with Gasteiger partial charge in [0.2, 0.25) is 0 Å². The van der Waals surface area contributed by atoms with E-state index in [9.17, 15) is 4.79 Å². The smallest absolute Gasteiger partial charge is 0.304 e. The van der Waals surface area contributed by atoms with Crippen molar-refractivity contribution in [3.63, 3.8) is 0 Å². The molecule has 1 unspecified atom stereocenters. The molecule has 1 aromatic rings. The standard InChI is InChI=1S/C15H23NO4/c1-10(2)16-12(8-15(17)18)7-11-5-6-13(19-3)9-14(11)20-4/h5-6,9-10,12,16H,7-8H2,1-4H3,(H,17,18). The molecule has 0 fully saturated rings. The fraction of sp³-hybridized carbons (Fsp3) is 0.533. The maximum atomic E-state index is 10.9. The molecule has 5 heteroatoms. The number of hydrogen-bond donors (Lipinski definition) is 2. The Bertz CT molecular complexity index is 445. The first-order chi connectivity index (χ1) is 9.46. The minimum absolute atomic E-state index is 0.0767. The van der Waals surface area contributed by atoms with E-state index in [4.69, 9.17) is 14.6 Å². The highest BCUT2D eigenvalue weighted by Gasteiger charge is 2.17. The molecule has 2 N–H and O–H groups in total. The van der Waals surface area contributed by atoms with Crippen molar-refractivity contribution < 1.29 is 19.4 Å². The fourth-order valence-electron chi connectivity index (χ4n) is 2.16. The number of ether oxygens (including phenoxy) is 2. The Labute approximate surface area is 119 Å². The Morgan fingerprint density at radius 3 is 2.50 bits per heavy atom. The highest BCUT2D eigenvalue weighted by atomic mass is 16.5. The first kappa shape index (κ1) is 16.3. The van der Waals surface area contributed by atoms with Crippen molar-refractivity contribution in [1.29, 1.82) is 0 Å². The second kappa shape index (κ2) is 7.75. The van der Waals surface area contributed by atoms with Crippen LogP contribution in [-0.2, 0) is 11.2 Å². The van der Waals surface area contributed by atoms with E-state index in [1.807, 2.05) is 32.0 Å². The number of aliphatic carboxylic acids is 1. The van der Waals surface area contributed by atoms with E-state index < -0.39 is 5.97 Å². The SMILES string of the molecule is COc1ccc(CC(CC(=O)O)NC(C)C)c(OC)c1. The number of hydrogen-bond acceptors (Lipinski definition) is 4. The number of carboxylic acid groups (broad SMARTS) is 1. The zero-order valence-electron chi connectivity index (χ0n) is 12.5. The van der Waals surface area contributed by atoms with Crippen LogP contribution in [0.2, 0.25) is 0 Å². The summed E-state index contributed by atoms with van der Waals surface area (Å²) >= 11 is 0. The lowest BCUT2D eigenvalue weighted by Crippen LogP contribution is -2.38. The molecule has 1 rings (SSSR count). The maximum absolute atomic E-state index is 10.9. The van der Waals surface area contributed by atoms with Gasteiger partial charge in [0.1, 0.15) is 11.5 Å². The summed E-state index contributed by atoms with van der Waals surface area (Å²) in [7, 11) is 3.20. The van der Waals surface area contributed by atoms with E-state index in [0.717, 1.165) is 11.3 Å². The van der Waals surface area contributed by atoms with Gasteiger partial charge in [0.25, 0.3) is 0 Å². The molecule has 0 spiro atoms. The van der Waals surface area contributed by atoms with Crippen molar-refractivity contribution in [3.8, 4) is 11.5 Å². The van der Waals surface area contributed by atoms with Crippen molar-refractivity contribution in [3.05, 3.63) is 23.8 Å². The Morgan fingerprint density at radius 1 is 1.30 bits per heavy atom. The summed E-state index contributed by atoms with van der Waals surface area (Å²) in [4.78, 5) is 10.9. The molecule has 0 aromatic heterocycles. The number of rotatable bonds is 8. The van der Waals surface area contributed by atoms with Gasteiger partial charge < -0.3 is 19.9 Å². The van der Waals surface area contributed by atoms with Crippen molar-refractivity contribution in [1.82, 2.24) is 5.32 Å². The van der Waals surface area contributed by atoms with Gasteiger partial charge in [-0.3, -0.25) is 4.79 Å². The van der Waals surface area contributed by atoms with E-state index in [0.29, 0.717) is 12.2 Å². The third-order valence-corrected chi connectivity index (χ3v) is 2.95. The second-order valence-electron chi connectivity index (χ2n) is 5.00. The third kappa shape index (κ3) is 5.09. The van der Waals surface area contributed by atoms with E-state index >= 15 is 0 Å². The van der Waals surface area contributed by atoms with Gasteiger partial charge in [-0.05, 0) is 18.1 Å². The molecular weight excluding hydrogens is 258 g/mol. The topological polar surface area (TPSA) is 67.8 Å². The monoisotopic (exact) mass is 281 g/mol. The summed E-state index contributed by atoms with van der Waals surface area (Å²) in [6, 6.07) is 5.67. The minimum atomic E-state index is -0.810. The molecule has 0 bridgehead atoms. The summed E-state index contributed by atoms with van der Waals surface area (Å²) in [5.74, 6) is 0.623. The third-order valence-electron chi connectivity index (χ3n) is 2.95. The normalized spacial score (nSPS) is 12.2. The Balaban J connectivity index is 2.88. The summed E-state index contributed by atoms with van der Waals surface area (Å²) in [6.45, 7) is 4.00. The van der Waals surface area contributed by atoms with Gasteiger partial charge in [0.05, 0.1) is 20.6 Å². The van der Waals surface area contributed by atoms with Crippen molar-refractivity contribution >= 4 is 5.97 Å². The van der Waals surface area contributed by atoms with Crippen LogP contribution in [0.1, 0.15) is 25.8 Å². The van der Waals surface area contributed by atoms with Crippen molar-refractivity contribution in [2.75, 3.05) is 14.2 Å². The fourth-order valence-corrected chi connectivity index (χ4v) is 2.16. The summed E-state index contributed by atoms with van der Waals surface area (Å²) in [5.41, 5.74) is 0.965. The molecule has 0 aliphatic carbocycles. The van der Waals surface area contributed by atoms with Gasteiger partial charge in [0.15, 0.2) is 0 Å². The van der Waals surface area contributed by atoms with Gasteiger partial charge in [-0.2, -0.15) is 0 Å². The Kier molecular flexibility index (Phi) is 6.31. The average Bonchev–Trinajstić information content (AvgIpc) is 2.37. The molecule has 0 heterocycles. The van der Waals surface area contributed by atoms with Gasteiger partial charge in [-0.15, -0.1) is 0 Å². The molecule has 5 nitrogen and oxygen atoms in total. The van der Waals surface area contributed by atoms with Crippen LogP contribution < -0.4 is 14.8 Å². The molecule has 1 aromatic carbocycles. The lowest BCUT2D eigenvalue weighted by molar-refractivity contribution is -0.137. The van der Waals surface area contributed by atoms with Crippen LogP contribution in [0.4, 0.5) is 0 Å². The summed E-state index contributed by atoms with van der Waals surface area (Å²) in [6.07, 6.45) is 0.672. The van der Waals surface area contributed by atoms with Gasteiger partial charge in [-0.1, -0.05) is 19.9 Å². The van der Waals surface area contributed by atoms with Crippen molar-refractivity contribution in [2.45, 2.75) is 38.8 Å². The predicted octanol–water partition coefficient (Wildman–Crippen LogP) is 2.09. The minimum Gasteiger partial charge on any atom is -0.497 e. The van der Waals surface area contributed by atoms with E-state index in [2.05, 4.69) is 5.32 Å². The number of nitrogens with one attached hydrogen (secondary N) is 1. The molecule has 112 valence electrons. The zero-order chi connectivity index (χ0) is 15.1. The van der Waals surface area contributed by atoms with Crippen LogP contribution in [0, 0.1) is 0 Å². The molecule has 0 aliphatic heterocycles. The second-order valence-corrected chi connectivity index (χ2v) is 5.00. The van der Waals surface area contributed by atoms with Crippen molar-refractivity contribution in [2.24, 2.45) is 0 Å². The number of carbonyl (C=O) groups is 1. The quantitative estimate of drug-likeness (QED) is 0.763. The number of benzene rings is 1. The molecule has 0 amide bonds. The average molecular weight is 281 g/mol. The van der Waals surface area contributed by atoms with Gasteiger partial charge >= 0.3 is 5.97 Å². The highest BCUT2D eigenvalue weighted by molar-refractivity contribution is 5.67. The van der Waals surface area contributed by atoms with E-state index in [1.165, 1.54) is 0 Å². The summed E-state index contributed by atoms with van der Waals surface area (Å²) < 4.78 is 10.5. The molecule has 0 aliphatic rings. The summed E-state index contributed by atoms with van der Waals surface area (Å²) in [5, 5.41) is 12.3. The molecule has 0 radical (unpaired) electrons. The number of methoxy groups -OCH3 is 2. The maximum Gasteiger partial charge on any atom is 0.304 e. The van der Waals surface area contributed by atoms with E-state index in [1.54, 1.807) is 14.2 Å². The molecule has 0 saturated carbocycles. The molecular formula is C15H23NO4. The highest BCUT2D eigenvalue weighted by Crippen LogP contribution is 2.26. The zero-order valence-corrected chi connectivity index (χ0v) is 12.5. The van der Waals surface area contributed by atoms with Crippen LogP contribution in [0.25, 0.3) is 0 Å². The number of carboxylic acids is 1. The van der Waals surface area contributed by atoms with E-state index in [-0.39, 0.29) is 18.5 Å². The first-order valence-corrected chi connectivity index (χ1v) is 6.65. The lowest BCUT2D eigenvalue weighted by atomic mass is 10.0.